The molecule has 0 spiro atoms. The summed E-state index contributed by atoms with van der Waals surface area (Å²) in [6.45, 7) is 5.23. The molecule has 1 amide bonds. The van der Waals surface area contributed by atoms with Crippen LogP contribution in [0.5, 0.6) is 0 Å². The number of anilines is 1. The molecule has 0 aliphatic carbocycles. The Balaban J connectivity index is 2.16. The molecule has 1 saturated heterocycles. The van der Waals surface area contributed by atoms with Crippen LogP contribution < -0.4 is 10.2 Å². The standard InChI is InChI=1S/C13H19N3O2/c1-3-12(17)11-5-4-10(8-15-11)16-7-6-14-13(18)9(16)2/h4-5,8-9,12,17H,3,6-7H2,1-2H3,(H,14,18)/t9?,12-/m1/s1. The summed E-state index contributed by atoms with van der Waals surface area (Å²) in [7, 11) is 0. The van der Waals surface area contributed by atoms with Gasteiger partial charge < -0.3 is 15.3 Å². The number of aliphatic hydroxyl groups excluding tert-OH is 1. The van der Waals surface area contributed by atoms with Crippen LogP contribution in [-0.2, 0) is 4.79 Å². The van der Waals surface area contributed by atoms with Crippen LogP contribution in [0.25, 0.3) is 0 Å². The molecule has 0 radical (unpaired) electrons. The van der Waals surface area contributed by atoms with Crippen molar-refractivity contribution >= 4 is 11.6 Å². The molecule has 2 N–H and O–H groups in total. The van der Waals surface area contributed by atoms with E-state index in [1.807, 2.05) is 30.9 Å². The summed E-state index contributed by atoms with van der Waals surface area (Å²) >= 11 is 0. The van der Waals surface area contributed by atoms with E-state index in [1.54, 1.807) is 6.20 Å². The van der Waals surface area contributed by atoms with Crippen molar-refractivity contribution in [2.24, 2.45) is 0 Å². The van der Waals surface area contributed by atoms with Crippen molar-refractivity contribution in [3.8, 4) is 0 Å². The number of piperazine rings is 1. The van der Waals surface area contributed by atoms with Gasteiger partial charge in [0.15, 0.2) is 0 Å². The number of carbonyl (C=O) groups is 1. The average molecular weight is 249 g/mol. The van der Waals surface area contributed by atoms with E-state index in [4.69, 9.17) is 0 Å². The molecular formula is C13H19N3O2. The van der Waals surface area contributed by atoms with Crippen molar-refractivity contribution < 1.29 is 9.90 Å². The number of nitrogens with zero attached hydrogens (tertiary/aromatic N) is 2. The molecule has 2 atom stereocenters. The number of aliphatic hydroxyl groups is 1. The molecule has 98 valence electrons. The highest BCUT2D eigenvalue weighted by Gasteiger charge is 2.25. The van der Waals surface area contributed by atoms with Crippen molar-refractivity contribution in [2.45, 2.75) is 32.4 Å². The number of hydrogen-bond donors (Lipinski definition) is 2. The lowest BCUT2D eigenvalue weighted by Crippen LogP contribution is -2.54. The van der Waals surface area contributed by atoms with Crippen LogP contribution in [0.15, 0.2) is 18.3 Å². The molecule has 0 saturated carbocycles. The van der Waals surface area contributed by atoms with Crippen LogP contribution in [-0.4, -0.2) is 35.1 Å². The van der Waals surface area contributed by atoms with Crippen LogP contribution in [0.1, 0.15) is 32.1 Å². The molecule has 0 bridgehead atoms. The van der Waals surface area contributed by atoms with E-state index >= 15 is 0 Å². The summed E-state index contributed by atoms with van der Waals surface area (Å²) in [4.78, 5) is 17.9. The summed E-state index contributed by atoms with van der Waals surface area (Å²) in [6.07, 6.45) is 1.86. The molecule has 0 aromatic carbocycles. The van der Waals surface area contributed by atoms with Crippen LogP contribution in [0.2, 0.25) is 0 Å². The first kappa shape index (κ1) is 12.8. The maximum atomic E-state index is 11.6. The molecule has 1 aliphatic rings. The number of carbonyl (C=O) groups excluding carboxylic acids is 1. The third kappa shape index (κ3) is 2.46. The molecule has 5 nitrogen and oxygen atoms in total. The van der Waals surface area contributed by atoms with E-state index in [-0.39, 0.29) is 11.9 Å². The van der Waals surface area contributed by atoms with Gasteiger partial charge in [-0.1, -0.05) is 6.92 Å². The van der Waals surface area contributed by atoms with Gasteiger partial charge in [0.1, 0.15) is 6.04 Å². The van der Waals surface area contributed by atoms with Crippen LogP contribution in [0.3, 0.4) is 0 Å². The van der Waals surface area contributed by atoms with E-state index in [0.717, 1.165) is 12.2 Å². The van der Waals surface area contributed by atoms with E-state index in [2.05, 4.69) is 10.3 Å². The quantitative estimate of drug-likeness (QED) is 0.833. The van der Waals surface area contributed by atoms with Gasteiger partial charge in [-0.2, -0.15) is 0 Å². The van der Waals surface area contributed by atoms with Gasteiger partial charge in [0, 0.05) is 13.1 Å². The lowest BCUT2D eigenvalue weighted by atomic mass is 10.1. The summed E-state index contributed by atoms with van der Waals surface area (Å²) in [6, 6.07) is 3.56. The predicted molar refractivity (Wildman–Crippen MR) is 69.3 cm³/mol. The Bertz CT molecular complexity index is 419. The van der Waals surface area contributed by atoms with Gasteiger partial charge in [-0.3, -0.25) is 9.78 Å². The third-order valence-corrected chi connectivity index (χ3v) is 3.33. The van der Waals surface area contributed by atoms with Gasteiger partial charge in [-0.15, -0.1) is 0 Å². The van der Waals surface area contributed by atoms with Crippen LogP contribution in [0, 0.1) is 0 Å². The Labute approximate surface area is 107 Å². The SMILES string of the molecule is CC[C@@H](O)c1ccc(N2CCNC(=O)C2C)cn1. The highest BCUT2D eigenvalue weighted by atomic mass is 16.3. The Morgan fingerprint density at radius 3 is 3.00 bits per heavy atom. The maximum Gasteiger partial charge on any atom is 0.242 e. The average Bonchev–Trinajstić information content (AvgIpc) is 2.41. The third-order valence-electron chi connectivity index (χ3n) is 3.33. The zero-order chi connectivity index (χ0) is 13.1. The van der Waals surface area contributed by atoms with E-state index in [9.17, 15) is 9.90 Å². The molecule has 1 unspecified atom stereocenters. The Morgan fingerprint density at radius 2 is 2.39 bits per heavy atom. The normalized spacial score (nSPS) is 21.6. The summed E-state index contributed by atoms with van der Waals surface area (Å²) in [5.41, 5.74) is 1.60. The summed E-state index contributed by atoms with van der Waals surface area (Å²) < 4.78 is 0. The maximum absolute atomic E-state index is 11.6. The van der Waals surface area contributed by atoms with Crippen molar-refractivity contribution in [3.63, 3.8) is 0 Å². The minimum absolute atomic E-state index is 0.0407. The van der Waals surface area contributed by atoms with Crippen molar-refractivity contribution in [2.75, 3.05) is 18.0 Å². The van der Waals surface area contributed by atoms with Crippen molar-refractivity contribution in [1.82, 2.24) is 10.3 Å². The zero-order valence-corrected chi connectivity index (χ0v) is 10.8. The lowest BCUT2D eigenvalue weighted by molar-refractivity contribution is -0.122. The second-order valence-electron chi connectivity index (χ2n) is 4.53. The number of rotatable bonds is 3. The zero-order valence-electron chi connectivity index (χ0n) is 10.8. The highest BCUT2D eigenvalue weighted by Crippen LogP contribution is 2.20. The summed E-state index contributed by atoms with van der Waals surface area (Å²) in [5, 5.41) is 12.5. The number of pyridine rings is 1. The minimum atomic E-state index is -0.513. The largest absolute Gasteiger partial charge is 0.387 e. The second-order valence-corrected chi connectivity index (χ2v) is 4.53. The fourth-order valence-electron chi connectivity index (χ4n) is 2.11. The van der Waals surface area contributed by atoms with Crippen LogP contribution in [0.4, 0.5) is 5.69 Å². The molecular weight excluding hydrogens is 230 g/mol. The first-order valence-corrected chi connectivity index (χ1v) is 6.32. The van der Waals surface area contributed by atoms with Crippen molar-refractivity contribution in [1.29, 1.82) is 0 Å². The fraction of sp³-hybridized carbons (Fsp3) is 0.538. The monoisotopic (exact) mass is 249 g/mol. The first-order valence-electron chi connectivity index (χ1n) is 6.32. The number of aromatic nitrogens is 1. The van der Waals surface area contributed by atoms with Gasteiger partial charge in [0.25, 0.3) is 0 Å². The van der Waals surface area contributed by atoms with Gasteiger partial charge in [0.05, 0.1) is 23.7 Å². The predicted octanol–water partition coefficient (Wildman–Crippen LogP) is 0.850. The van der Waals surface area contributed by atoms with Crippen LogP contribution >= 0.6 is 0 Å². The fourth-order valence-corrected chi connectivity index (χ4v) is 2.11. The number of amides is 1. The highest BCUT2D eigenvalue weighted by molar-refractivity contribution is 5.86. The van der Waals surface area contributed by atoms with Gasteiger partial charge in [-0.05, 0) is 25.5 Å². The molecule has 1 aromatic rings. The first-order chi connectivity index (χ1) is 8.63. The van der Waals surface area contributed by atoms with E-state index in [0.29, 0.717) is 18.7 Å². The van der Waals surface area contributed by atoms with Crippen molar-refractivity contribution in [3.05, 3.63) is 24.0 Å². The topological polar surface area (TPSA) is 65.5 Å². The van der Waals surface area contributed by atoms with E-state index < -0.39 is 6.10 Å². The van der Waals surface area contributed by atoms with Gasteiger partial charge in [0.2, 0.25) is 5.91 Å². The van der Waals surface area contributed by atoms with Gasteiger partial charge >= 0.3 is 0 Å². The molecule has 2 rings (SSSR count). The Morgan fingerprint density at radius 1 is 1.61 bits per heavy atom. The molecule has 1 aliphatic heterocycles. The van der Waals surface area contributed by atoms with E-state index in [1.165, 1.54) is 0 Å². The molecule has 1 fully saturated rings. The molecule has 2 heterocycles. The summed E-state index contributed by atoms with van der Waals surface area (Å²) in [5.74, 6) is 0.0407. The Hall–Kier alpha value is -1.62. The molecule has 18 heavy (non-hydrogen) atoms. The lowest BCUT2D eigenvalue weighted by Gasteiger charge is -2.34. The smallest absolute Gasteiger partial charge is 0.242 e. The number of hydrogen-bond acceptors (Lipinski definition) is 4. The second kappa shape index (κ2) is 5.35. The molecule has 5 heteroatoms. The van der Waals surface area contributed by atoms with Gasteiger partial charge in [-0.25, -0.2) is 0 Å². The Kier molecular flexibility index (Phi) is 3.81. The minimum Gasteiger partial charge on any atom is -0.387 e. The number of nitrogens with one attached hydrogen (secondary N) is 1. The molecule has 1 aromatic heterocycles.